The molecule has 0 fully saturated rings. The lowest BCUT2D eigenvalue weighted by atomic mass is 9.96. The predicted molar refractivity (Wildman–Crippen MR) is 111 cm³/mol. The highest BCUT2D eigenvalue weighted by Gasteiger charge is 2.22. The van der Waals surface area contributed by atoms with Crippen molar-refractivity contribution in [2.45, 2.75) is 12.5 Å². The third-order valence-corrected chi connectivity index (χ3v) is 4.84. The largest absolute Gasteiger partial charge is 0.468 e. The first-order valence-corrected chi connectivity index (χ1v) is 9.86. The molecule has 0 saturated heterocycles. The highest BCUT2D eigenvalue weighted by atomic mass is 79.9. The Morgan fingerprint density at radius 1 is 1.19 bits per heavy atom. The maximum Gasteiger partial charge on any atom is 0.319 e. The second kappa shape index (κ2) is 10.7. The Balaban J connectivity index is 2.47. The molecule has 2 N–H and O–H groups in total. The lowest BCUT2D eigenvalue weighted by Gasteiger charge is -2.23. The van der Waals surface area contributed by atoms with Crippen LogP contribution in [0.3, 0.4) is 0 Å². The molecule has 1 atom stereocenters. The van der Waals surface area contributed by atoms with E-state index < -0.39 is 12.0 Å². The van der Waals surface area contributed by atoms with E-state index in [1.54, 1.807) is 12.1 Å². The molecule has 2 rings (SSSR count). The number of nitrogens with one attached hydrogen (secondary N) is 2. The normalized spacial score (nSPS) is 11.7. The number of alkyl halides is 1. The van der Waals surface area contributed by atoms with Crippen molar-refractivity contribution in [2.24, 2.45) is 0 Å². The van der Waals surface area contributed by atoms with Gasteiger partial charge in [0, 0.05) is 27.5 Å². The van der Waals surface area contributed by atoms with Crippen LogP contribution in [0.1, 0.15) is 23.6 Å². The quantitative estimate of drug-likeness (QED) is 0.436. The van der Waals surface area contributed by atoms with Gasteiger partial charge in [0.25, 0.3) is 0 Å². The van der Waals surface area contributed by atoms with Gasteiger partial charge in [0.15, 0.2) is 0 Å². The van der Waals surface area contributed by atoms with Crippen molar-refractivity contribution in [3.63, 3.8) is 0 Å². The summed E-state index contributed by atoms with van der Waals surface area (Å²) >= 11 is 15.5. The average Bonchev–Trinajstić information content (AvgIpc) is 2.65. The van der Waals surface area contributed by atoms with Crippen molar-refractivity contribution in [1.82, 2.24) is 5.32 Å². The van der Waals surface area contributed by atoms with Gasteiger partial charge in [-0.05, 0) is 35.4 Å². The van der Waals surface area contributed by atoms with Crippen molar-refractivity contribution >= 4 is 56.7 Å². The van der Waals surface area contributed by atoms with Crippen LogP contribution in [0.15, 0.2) is 46.9 Å². The van der Waals surface area contributed by atoms with E-state index in [0.717, 1.165) is 15.6 Å². The molecule has 1 amide bonds. The second-order valence-corrected chi connectivity index (χ2v) is 7.33. The molecule has 2 aromatic carbocycles. The van der Waals surface area contributed by atoms with Gasteiger partial charge in [-0.3, -0.25) is 14.9 Å². The summed E-state index contributed by atoms with van der Waals surface area (Å²) in [6.07, 6.45) is 0.198. The highest BCUT2D eigenvalue weighted by molar-refractivity contribution is 9.10. The number of carbonyl (C=O) groups is 2. The molecule has 0 aliphatic rings. The maximum absolute atomic E-state index is 12.1. The van der Waals surface area contributed by atoms with Crippen molar-refractivity contribution in [1.29, 1.82) is 0 Å². The fraction of sp³-hybridized carbons (Fsp3) is 0.263. The smallest absolute Gasteiger partial charge is 0.319 e. The predicted octanol–water partition coefficient (Wildman–Crippen LogP) is 4.52. The third-order valence-electron chi connectivity index (χ3n) is 3.81. The number of rotatable bonds is 8. The number of anilines is 1. The molecule has 27 heavy (non-hydrogen) atoms. The molecule has 0 saturated carbocycles. The van der Waals surface area contributed by atoms with E-state index in [1.165, 1.54) is 7.11 Å². The number of methoxy groups -OCH3 is 1. The average molecular weight is 474 g/mol. The van der Waals surface area contributed by atoms with Crippen molar-refractivity contribution < 1.29 is 14.3 Å². The number of halogens is 3. The zero-order valence-electron chi connectivity index (χ0n) is 14.6. The van der Waals surface area contributed by atoms with Crippen LogP contribution in [0, 0.1) is 0 Å². The van der Waals surface area contributed by atoms with Crippen LogP contribution in [0.25, 0.3) is 0 Å². The van der Waals surface area contributed by atoms with Gasteiger partial charge in [0.2, 0.25) is 5.91 Å². The SMILES string of the molecule is COC(=O)CN[C@H](c1ccccc1Cl)c1cc(Br)ccc1NC(=O)CCCl. The lowest BCUT2D eigenvalue weighted by Crippen LogP contribution is -2.30. The molecule has 0 aromatic heterocycles. The highest BCUT2D eigenvalue weighted by Crippen LogP contribution is 2.34. The summed E-state index contributed by atoms with van der Waals surface area (Å²) in [6.45, 7) is -0.0199. The van der Waals surface area contributed by atoms with Gasteiger partial charge in [-0.15, -0.1) is 11.6 Å². The van der Waals surface area contributed by atoms with Gasteiger partial charge >= 0.3 is 5.97 Å². The van der Waals surface area contributed by atoms with Crippen LogP contribution in [0.2, 0.25) is 5.02 Å². The topological polar surface area (TPSA) is 67.4 Å². The monoisotopic (exact) mass is 472 g/mol. The van der Waals surface area contributed by atoms with Crippen molar-refractivity contribution in [2.75, 3.05) is 24.9 Å². The summed E-state index contributed by atoms with van der Waals surface area (Å²) in [5, 5.41) is 6.57. The van der Waals surface area contributed by atoms with E-state index in [-0.39, 0.29) is 24.8 Å². The Kier molecular flexibility index (Phi) is 8.57. The van der Waals surface area contributed by atoms with Crippen LogP contribution < -0.4 is 10.6 Å². The summed E-state index contributed by atoms with van der Waals surface area (Å²) in [6, 6.07) is 12.4. The van der Waals surface area contributed by atoms with Crippen molar-refractivity contribution in [3.05, 3.63) is 63.1 Å². The Bertz CT molecular complexity index is 817. The summed E-state index contributed by atoms with van der Waals surface area (Å²) < 4.78 is 5.55. The summed E-state index contributed by atoms with van der Waals surface area (Å²) in [7, 11) is 1.32. The maximum atomic E-state index is 12.1. The number of amides is 1. The van der Waals surface area contributed by atoms with Gasteiger partial charge in [-0.25, -0.2) is 0 Å². The first-order valence-electron chi connectivity index (χ1n) is 8.16. The molecule has 2 aromatic rings. The Morgan fingerprint density at radius 3 is 2.59 bits per heavy atom. The molecular weight excluding hydrogens is 455 g/mol. The van der Waals surface area contributed by atoms with Crippen LogP contribution in [-0.4, -0.2) is 31.4 Å². The van der Waals surface area contributed by atoms with E-state index in [1.807, 2.05) is 30.3 Å². The molecule has 0 unspecified atom stereocenters. The zero-order chi connectivity index (χ0) is 19.8. The van der Waals surface area contributed by atoms with Gasteiger partial charge in [-0.2, -0.15) is 0 Å². The minimum absolute atomic E-state index is 0.0199. The fourth-order valence-corrected chi connectivity index (χ4v) is 3.33. The molecule has 0 aliphatic carbocycles. The van der Waals surface area contributed by atoms with Gasteiger partial charge in [0.1, 0.15) is 0 Å². The Labute approximate surface area is 176 Å². The van der Waals surface area contributed by atoms with Crippen molar-refractivity contribution in [3.8, 4) is 0 Å². The number of hydrogen-bond donors (Lipinski definition) is 2. The van der Waals surface area contributed by atoms with Crippen LogP contribution in [0.5, 0.6) is 0 Å². The molecule has 8 heteroatoms. The number of esters is 1. The van der Waals surface area contributed by atoms with E-state index in [2.05, 4.69) is 26.6 Å². The fourth-order valence-electron chi connectivity index (χ4n) is 2.54. The van der Waals surface area contributed by atoms with Gasteiger partial charge in [0.05, 0.1) is 19.7 Å². The summed E-state index contributed by atoms with van der Waals surface area (Å²) in [5.74, 6) is -0.374. The number of ether oxygens (including phenoxy) is 1. The minimum atomic E-state index is -0.443. The summed E-state index contributed by atoms with van der Waals surface area (Å²) in [4.78, 5) is 23.7. The molecule has 0 heterocycles. The second-order valence-electron chi connectivity index (χ2n) is 5.63. The van der Waals surface area contributed by atoms with Gasteiger partial charge in [-0.1, -0.05) is 45.7 Å². The minimum Gasteiger partial charge on any atom is -0.468 e. The van der Waals surface area contributed by atoms with Gasteiger partial charge < -0.3 is 10.1 Å². The van der Waals surface area contributed by atoms with Crippen LogP contribution in [-0.2, 0) is 14.3 Å². The van der Waals surface area contributed by atoms with Crippen LogP contribution >= 0.6 is 39.1 Å². The molecular formula is C19H19BrCl2N2O3. The third kappa shape index (κ3) is 6.21. The molecule has 0 spiro atoms. The molecule has 0 radical (unpaired) electrons. The first-order chi connectivity index (χ1) is 13.0. The lowest BCUT2D eigenvalue weighted by molar-refractivity contribution is -0.139. The Hall–Kier alpha value is -1.60. The number of carbonyl (C=O) groups excluding carboxylic acids is 2. The number of benzene rings is 2. The van der Waals surface area contributed by atoms with E-state index >= 15 is 0 Å². The number of hydrogen-bond acceptors (Lipinski definition) is 4. The molecule has 144 valence electrons. The van der Waals surface area contributed by atoms with E-state index in [0.29, 0.717) is 10.7 Å². The molecule has 0 aliphatic heterocycles. The van der Waals surface area contributed by atoms with Crippen LogP contribution in [0.4, 0.5) is 5.69 Å². The zero-order valence-corrected chi connectivity index (χ0v) is 17.7. The first kappa shape index (κ1) is 21.7. The van der Waals surface area contributed by atoms with E-state index in [4.69, 9.17) is 27.9 Å². The standard InChI is InChI=1S/C19H19BrCl2N2O3/c1-27-18(26)11-23-19(13-4-2-3-5-15(13)22)14-10-12(20)6-7-16(14)24-17(25)8-9-21/h2-7,10,19,23H,8-9,11H2,1H3,(H,24,25)/t19-/m1/s1. The Morgan fingerprint density at radius 2 is 1.93 bits per heavy atom. The molecule has 5 nitrogen and oxygen atoms in total. The molecule has 0 bridgehead atoms. The summed E-state index contributed by atoms with van der Waals surface area (Å²) in [5.41, 5.74) is 2.13. The van der Waals surface area contributed by atoms with E-state index in [9.17, 15) is 9.59 Å².